The second-order valence-electron chi connectivity index (χ2n) is 2.81. The van der Waals surface area contributed by atoms with Gasteiger partial charge in [-0.1, -0.05) is 31.2 Å². The van der Waals surface area contributed by atoms with Gasteiger partial charge >= 0.3 is 0 Å². The van der Waals surface area contributed by atoms with Crippen molar-refractivity contribution in [1.82, 2.24) is 0 Å². The average Bonchev–Trinajstić information content (AvgIpc) is 2.05. The molecule has 0 saturated heterocycles. The van der Waals surface area contributed by atoms with Crippen LogP contribution in [0.5, 0.6) is 0 Å². The Hall–Kier alpha value is -0.820. The maximum Gasteiger partial charge on any atom is 0.0471 e. The monoisotopic (exact) mass is 166 g/mol. The van der Waals surface area contributed by atoms with E-state index in [0.717, 1.165) is 6.42 Å². The lowest BCUT2D eigenvalue weighted by molar-refractivity contribution is 0.300. The predicted octanol–water partition coefficient (Wildman–Crippen LogP) is 2.69. The van der Waals surface area contributed by atoms with Gasteiger partial charge in [-0.25, -0.2) is 0 Å². The molecule has 68 valence electrons. The fourth-order valence-electron chi connectivity index (χ4n) is 0.971. The van der Waals surface area contributed by atoms with Crippen LogP contribution in [0.15, 0.2) is 36.5 Å². The molecule has 1 nitrogen and oxygen atoms in total. The Morgan fingerprint density at radius 1 is 1.58 bits per heavy atom. The van der Waals surface area contributed by atoms with Gasteiger partial charge in [-0.05, 0) is 24.8 Å². The highest BCUT2D eigenvalue weighted by Gasteiger charge is 1.94. The maximum absolute atomic E-state index is 8.75. The molecule has 0 bridgehead atoms. The van der Waals surface area contributed by atoms with Gasteiger partial charge in [0.2, 0.25) is 0 Å². The van der Waals surface area contributed by atoms with Gasteiger partial charge in [0, 0.05) is 6.61 Å². The van der Waals surface area contributed by atoms with Crippen molar-refractivity contribution in [1.29, 1.82) is 0 Å². The van der Waals surface area contributed by atoms with Gasteiger partial charge in [-0.2, -0.15) is 0 Å². The molecule has 0 aromatic heterocycles. The summed E-state index contributed by atoms with van der Waals surface area (Å²) in [6, 6.07) is 0. The molecule has 0 saturated carbocycles. The molecule has 0 aliphatic heterocycles. The summed E-state index contributed by atoms with van der Waals surface area (Å²) in [5.41, 5.74) is 1.17. The number of aliphatic hydroxyl groups excluding tert-OH is 1. The number of hydrogen-bond acceptors (Lipinski definition) is 1. The molecule has 0 aromatic rings. The van der Waals surface area contributed by atoms with Crippen LogP contribution in [-0.2, 0) is 0 Å². The minimum atomic E-state index is 0.208. The van der Waals surface area contributed by atoms with E-state index in [2.05, 4.69) is 19.6 Å². The van der Waals surface area contributed by atoms with Gasteiger partial charge in [0.1, 0.15) is 0 Å². The molecule has 1 heteroatoms. The molecule has 0 heterocycles. The molecular weight excluding hydrogens is 148 g/mol. The van der Waals surface area contributed by atoms with E-state index < -0.39 is 0 Å². The highest BCUT2D eigenvalue weighted by molar-refractivity contribution is 5.20. The van der Waals surface area contributed by atoms with E-state index in [9.17, 15) is 0 Å². The molecule has 0 aliphatic rings. The number of rotatable bonds is 5. The van der Waals surface area contributed by atoms with Crippen LogP contribution < -0.4 is 0 Å². The number of allylic oxidation sites excluding steroid dienone is 4. The molecule has 0 fully saturated rings. The van der Waals surface area contributed by atoms with Crippen LogP contribution in [0.2, 0.25) is 0 Å². The van der Waals surface area contributed by atoms with Gasteiger partial charge in [0.15, 0.2) is 0 Å². The Labute approximate surface area is 75.1 Å². The zero-order valence-corrected chi connectivity index (χ0v) is 7.96. The molecule has 0 radical (unpaired) electrons. The summed E-state index contributed by atoms with van der Waals surface area (Å²) < 4.78 is 0. The Balaban J connectivity index is 4.25. The van der Waals surface area contributed by atoms with E-state index >= 15 is 0 Å². The predicted molar refractivity (Wildman–Crippen MR) is 54.0 cm³/mol. The summed E-state index contributed by atoms with van der Waals surface area (Å²) in [6.45, 7) is 7.96. The zero-order valence-electron chi connectivity index (χ0n) is 7.96. The summed E-state index contributed by atoms with van der Waals surface area (Å²) in [6.07, 6.45) is 8.74. The molecule has 12 heavy (non-hydrogen) atoms. The first kappa shape index (κ1) is 11.2. The van der Waals surface area contributed by atoms with E-state index in [4.69, 9.17) is 5.11 Å². The van der Waals surface area contributed by atoms with Crippen molar-refractivity contribution in [2.75, 3.05) is 6.61 Å². The fourth-order valence-corrected chi connectivity index (χ4v) is 0.971. The average molecular weight is 166 g/mol. The first-order chi connectivity index (χ1) is 5.74. The smallest absolute Gasteiger partial charge is 0.0471 e. The van der Waals surface area contributed by atoms with Crippen molar-refractivity contribution < 1.29 is 5.11 Å². The molecule has 0 spiro atoms. The lowest BCUT2D eigenvalue weighted by Crippen LogP contribution is -1.89. The van der Waals surface area contributed by atoms with Crippen molar-refractivity contribution >= 4 is 0 Å². The van der Waals surface area contributed by atoms with Crippen LogP contribution >= 0.6 is 0 Å². The topological polar surface area (TPSA) is 20.2 Å². The molecule has 1 unspecified atom stereocenters. The van der Waals surface area contributed by atoms with Crippen LogP contribution in [-0.4, -0.2) is 11.7 Å². The fraction of sp³-hybridized carbons (Fsp3) is 0.455. The van der Waals surface area contributed by atoms with Crippen molar-refractivity contribution in [3.8, 4) is 0 Å². The maximum atomic E-state index is 8.75. The van der Waals surface area contributed by atoms with Gasteiger partial charge in [-0.15, -0.1) is 6.58 Å². The molecule has 0 amide bonds. The minimum Gasteiger partial charge on any atom is -0.396 e. The standard InChI is InChI=1S/C11H18O/c1-4-6-11(7-8-12)9-10(3)5-2/h4-6,9-10,12H,2,7-8H2,1,3H3/b6-4-,11-9+. The largest absolute Gasteiger partial charge is 0.396 e. The van der Waals surface area contributed by atoms with E-state index in [1.165, 1.54) is 5.57 Å². The van der Waals surface area contributed by atoms with E-state index in [0.29, 0.717) is 5.92 Å². The highest BCUT2D eigenvalue weighted by Crippen LogP contribution is 2.08. The third-order valence-electron chi connectivity index (χ3n) is 1.63. The summed E-state index contributed by atoms with van der Waals surface area (Å²) in [5.74, 6) is 0.378. The first-order valence-corrected chi connectivity index (χ1v) is 4.31. The van der Waals surface area contributed by atoms with Crippen LogP contribution in [0.3, 0.4) is 0 Å². The van der Waals surface area contributed by atoms with Crippen LogP contribution in [0.25, 0.3) is 0 Å². The number of hydrogen-bond donors (Lipinski definition) is 1. The van der Waals surface area contributed by atoms with Crippen molar-refractivity contribution in [2.24, 2.45) is 5.92 Å². The Morgan fingerprint density at radius 3 is 2.67 bits per heavy atom. The van der Waals surface area contributed by atoms with Gasteiger partial charge in [0.25, 0.3) is 0 Å². The van der Waals surface area contributed by atoms with Crippen molar-refractivity contribution in [3.05, 3.63) is 36.5 Å². The van der Waals surface area contributed by atoms with Crippen LogP contribution in [0.1, 0.15) is 20.3 Å². The SMILES string of the molecule is C=CC(C)/C=C(\C=C/C)CCO. The second-order valence-corrected chi connectivity index (χ2v) is 2.81. The van der Waals surface area contributed by atoms with E-state index in [1.54, 1.807) is 0 Å². The Bertz CT molecular complexity index is 177. The molecule has 0 aliphatic carbocycles. The van der Waals surface area contributed by atoms with Crippen molar-refractivity contribution in [2.45, 2.75) is 20.3 Å². The van der Waals surface area contributed by atoms with Crippen LogP contribution in [0.4, 0.5) is 0 Å². The van der Waals surface area contributed by atoms with Gasteiger partial charge in [-0.3, -0.25) is 0 Å². The Kier molecular flexibility index (Phi) is 6.39. The summed E-state index contributed by atoms with van der Waals surface area (Å²) in [4.78, 5) is 0. The molecular formula is C11H18O. The van der Waals surface area contributed by atoms with E-state index in [1.807, 2.05) is 25.2 Å². The normalized spacial score (nSPS) is 15.1. The molecule has 0 rings (SSSR count). The van der Waals surface area contributed by atoms with Gasteiger partial charge < -0.3 is 5.11 Å². The number of aliphatic hydroxyl groups is 1. The third kappa shape index (κ3) is 4.91. The highest BCUT2D eigenvalue weighted by atomic mass is 16.2. The third-order valence-corrected chi connectivity index (χ3v) is 1.63. The van der Waals surface area contributed by atoms with E-state index in [-0.39, 0.29) is 6.61 Å². The van der Waals surface area contributed by atoms with Gasteiger partial charge in [0.05, 0.1) is 0 Å². The zero-order chi connectivity index (χ0) is 9.40. The lowest BCUT2D eigenvalue weighted by Gasteiger charge is -2.02. The molecule has 1 atom stereocenters. The summed E-state index contributed by atoms with van der Waals surface area (Å²) in [7, 11) is 0. The molecule has 1 N–H and O–H groups in total. The second kappa shape index (κ2) is 6.86. The summed E-state index contributed by atoms with van der Waals surface area (Å²) >= 11 is 0. The van der Waals surface area contributed by atoms with Crippen LogP contribution in [0, 0.1) is 5.92 Å². The minimum absolute atomic E-state index is 0.208. The molecule has 0 aromatic carbocycles. The van der Waals surface area contributed by atoms with Crippen molar-refractivity contribution in [3.63, 3.8) is 0 Å². The quantitative estimate of drug-likeness (QED) is 0.492. The first-order valence-electron chi connectivity index (χ1n) is 4.31. The summed E-state index contributed by atoms with van der Waals surface area (Å²) in [5, 5.41) is 8.75. The Morgan fingerprint density at radius 2 is 2.25 bits per heavy atom. The lowest BCUT2D eigenvalue weighted by atomic mass is 10.1.